The van der Waals surface area contributed by atoms with E-state index in [0.717, 1.165) is 130 Å². The number of unbranched alkanes of at least 4 members (excludes halogenated alkanes) is 3. The van der Waals surface area contributed by atoms with Crippen molar-refractivity contribution >= 4 is 162 Å². The average Bonchev–Trinajstić information content (AvgIpc) is 1.71. The number of fused-ring (bicyclic) bond motifs is 3. The van der Waals surface area contributed by atoms with Gasteiger partial charge in [0, 0.05) is 74.7 Å². The number of nitrogens with two attached hydrogens (primary N) is 4. The normalized spacial score (nSPS) is 12.4. The second kappa shape index (κ2) is 37.6. The lowest BCUT2D eigenvalue weighted by Gasteiger charge is -2.11. The van der Waals surface area contributed by atoms with E-state index in [2.05, 4.69) is 40.2 Å². The smallest absolute Gasteiger partial charge is 0.469 e. The fourth-order valence-corrected chi connectivity index (χ4v) is 20.8. The lowest BCUT2D eigenvalue weighted by molar-refractivity contribution is -0.145. The molecule has 10 N–H and O–H groups in total. The first-order valence-corrected chi connectivity index (χ1v) is 43.3. The number of thiazole rings is 3. The molecule has 0 bridgehead atoms. The van der Waals surface area contributed by atoms with Crippen molar-refractivity contribution in [3.05, 3.63) is 126 Å². The Morgan fingerprint density at radius 1 is 0.505 bits per heavy atom. The zero-order valence-corrected chi connectivity index (χ0v) is 65.2. The molecule has 103 heavy (non-hydrogen) atoms. The number of ether oxygens (including phenoxy) is 4. The molecular formula is C70H78N11O12PS9. The van der Waals surface area contributed by atoms with Crippen LogP contribution in [0.25, 0.3) is 96.1 Å². The fraction of sp³-hybridized carbons (Fsp3) is 0.300. The Morgan fingerprint density at radius 3 is 1.13 bits per heavy atom. The summed E-state index contributed by atoms with van der Waals surface area (Å²) in [5.74, 6) is 3.41. The van der Waals surface area contributed by atoms with Crippen molar-refractivity contribution < 1.29 is 55.2 Å². The van der Waals surface area contributed by atoms with Crippen LogP contribution in [0, 0.1) is 0 Å². The number of likely N-dealkylation sites (N-methyl/N-ethyl adjacent to an activating group) is 1. The summed E-state index contributed by atoms with van der Waals surface area (Å²) in [4.78, 5) is 60.8. The van der Waals surface area contributed by atoms with Crippen LogP contribution in [0.2, 0.25) is 0 Å². The van der Waals surface area contributed by atoms with Gasteiger partial charge in [0.05, 0.1) is 62.6 Å². The van der Waals surface area contributed by atoms with Gasteiger partial charge in [-0.15, -0.1) is 68.0 Å². The van der Waals surface area contributed by atoms with Crippen molar-refractivity contribution in [3.8, 4) is 82.7 Å². The molecule has 0 aliphatic heterocycles. The van der Waals surface area contributed by atoms with E-state index in [-0.39, 0.29) is 38.9 Å². The van der Waals surface area contributed by atoms with Gasteiger partial charge in [-0.05, 0) is 121 Å². The quantitative estimate of drug-likeness (QED) is 0.0130. The van der Waals surface area contributed by atoms with Crippen LogP contribution in [0.1, 0.15) is 59.3 Å². The predicted molar refractivity (Wildman–Crippen MR) is 423 cm³/mol. The number of esters is 1. The molecule has 12 aromatic rings. The second-order valence-corrected chi connectivity index (χ2v) is 35.2. The van der Waals surface area contributed by atoms with Crippen LogP contribution in [0.5, 0.6) is 17.2 Å². The highest BCUT2D eigenvalue weighted by Crippen LogP contribution is 2.47. The SMILES string of the molecule is CCCCS(=O)c1sc2nc(-c3nccs3)cc(-c3ccc(OCCN)cc3)c2c1N.CCCCS(=O)c1sc2nc(-c3nccs3)cc(-c3ccc(OCCOC(=O)CN(C)C)cc3)c2c1N.CCCCS(=O)c1sc2nc(-c3nccs3)cc(-c3ccc(OCCOP(=O)(O)O)cc3)c2c1N. The molecule has 0 amide bonds. The van der Waals surface area contributed by atoms with Crippen LogP contribution in [-0.4, -0.2) is 141 Å². The highest BCUT2D eigenvalue weighted by atomic mass is 32.2. The van der Waals surface area contributed by atoms with Crippen LogP contribution in [0.4, 0.5) is 17.1 Å². The van der Waals surface area contributed by atoms with Gasteiger partial charge in [-0.3, -0.25) is 26.8 Å². The highest BCUT2D eigenvalue weighted by Gasteiger charge is 2.26. The van der Waals surface area contributed by atoms with Crippen molar-refractivity contribution in [2.75, 3.05) is 94.7 Å². The van der Waals surface area contributed by atoms with Crippen molar-refractivity contribution in [3.63, 3.8) is 0 Å². The van der Waals surface area contributed by atoms with Gasteiger partial charge in [0.15, 0.2) is 0 Å². The molecule has 544 valence electrons. The number of nitrogen functional groups attached to an aromatic ring is 3. The number of rotatable bonds is 32. The van der Waals surface area contributed by atoms with E-state index in [9.17, 15) is 22.0 Å². The first-order chi connectivity index (χ1) is 49.7. The molecule has 23 nitrogen and oxygen atoms in total. The number of phosphoric acid groups is 1. The Hall–Kier alpha value is -7.37. The van der Waals surface area contributed by atoms with Gasteiger partial charge in [-0.25, -0.2) is 34.5 Å². The van der Waals surface area contributed by atoms with Gasteiger partial charge >= 0.3 is 13.8 Å². The van der Waals surface area contributed by atoms with Gasteiger partial charge in [0.25, 0.3) is 0 Å². The second-order valence-electron chi connectivity index (χ2n) is 23.0. The van der Waals surface area contributed by atoms with E-state index in [1.807, 2.05) is 109 Å². The molecule has 0 aliphatic carbocycles. The highest BCUT2D eigenvalue weighted by molar-refractivity contribution is 7.88. The van der Waals surface area contributed by atoms with Gasteiger partial charge in [-0.2, -0.15) is 0 Å². The average molecular weight is 1590 g/mol. The molecule has 0 radical (unpaired) electrons. The third-order valence-electron chi connectivity index (χ3n) is 15.2. The number of phosphoric ester groups is 1. The number of carbonyl (C=O) groups excluding carboxylic acids is 1. The minimum atomic E-state index is -4.52. The summed E-state index contributed by atoms with van der Waals surface area (Å²) in [6, 6.07) is 28.7. The molecule has 0 spiro atoms. The third kappa shape index (κ3) is 20.6. The Morgan fingerprint density at radius 2 is 0.835 bits per heavy atom. The van der Waals surface area contributed by atoms with E-state index in [1.165, 1.54) is 68.0 Å². The van der Waals surface area contributed by atoms with Crippen LogP contribution in [-0.2, 0) is 51.0 Å². The zero-order chi connectivity index (χ0) is 73.2. The van der Waals surface area contributed by atoms with Gasteiger partial charge in [-0.1, -0.05) is 76.4 Å². The molecule has 33 heteroatoms. The Balaban J connectivity index is 0.000000167. The molecule has 3 aromatic carbocycles. The molecule has 0 aliphatic rings. The summed E-state index contributed by atoms with van der Waals surface area (Å²) in [5, 5.41) is 10.6. The van der Waals surface area contributed by atoms with Gasteiger partial charge in [0.1, 0.15) is 103 Å². The molecule has 3 unspecified atom stereocenters. The Bertz CT molecular complexity index is 4900. The van der Waals surface area contributed by atoms with Crippen LogP contribution in [0.3, 0.4) is 0 Å². The third-order valence-corrected chi connectivity index (χ3v) is 27.1. The summed E-state index contributed by atoms with van der Waals surface area (Å²) in [5.41, 5.74) is 34.5. The number of anilines is 3. The topological polar surface area (TPSA) is 357 Å². The van der Waals surface area contributed by atoms with Crippen LogP contribution >= 0.6 is 75.8 Å². The number of pyridine rings is 3. The lowest BCUT2D eigenvalue weighted by atomic mass is 10.0. The van der Waals surface area contributed by atoms with E-state index in [4.69, 9.17) is 66.6 Å². The van der Waals surface area contributed by atoms with Crippen molar-refractivity contribution in [2.24, 2.45) is 5.73 Å². The summed E-state index contributed by atoms with van der Waals surface area (Å²) >= 11 is 8.71. The molecule has 9 heterocycles. The van der Waals surface area contributed by atoms with Gasteiger partial charge < -0.3 is 51.7 Å². The maximum atomic E-state index is 13.0. The molecule has 0 fully saturated rings. The first-order valence-electron chi connectivity index (χ1n) is 32.7. The number of carbonyl (C=O) groups is 1. The van der Waals surface area contributed by atoms with Crippen molar-refractivity contribution in [2.45, 2.75) is 71.9 Å². The first kappa shape index (κ1) is 78.2. The summed E-state index contributed by atoms with van der Waals surface area (Å²) in [6.07, 6.45) is 10.8. The number of hydrogen-bond acceptors (Lipinski definition) is 27. The summed E-state index contributed by atoms with van der Waals surface area (Å²) < 4.78 is 78.0. The number of thiophene rings is 3. The molecule has 0 saturated heterocycles. The zero-order valence-electron chi connectivity index (χ0n) is 57.0. The van der Waals surface area contributed by atoms with Crippen LogP contribution in [0.15, 0.2) is 138 Å². The number of aromatic nitrogens is 6. The molecule has 12 rings (SSSR count). The maximum absolute atomic E-state index is 13.0. The molecular weight excluding hydrogens is 1510 g/mol. The number of hydrogen-bond donors (Lipinski definition) is 6. The largest absolute Gasteiger partial charge is 0.492 e. The van der Waals surface area contributed by atoms with E-state index >= 15 is 0 Å². The molecule has 3 atom stereocenters. The maximum Gasteiger partial charge on any atom is 0.469 e. The number of benzene rings is 3. The van der Waals surface area contributed by atoms with Crippen LogP contribution < -0.4 is 37.1 Å². The van der Waals surface area contributed by atoms with E-state index < -0.39 is 40.2 Å². The van der Waals surface area contributed by atoms with Crippen molar-refractivity contribution in [1.82, 2.24) is 34.8 Å². The Kier molecular flexibility index (Phi) is 28.5. The standard InChI is InChI=1S/C26H30N4O4S3.C22H24N4O2S3.C22H24N3O6PS3/c1-4-5-14-37(32)26-23(27)22-19(15-20(29-25(22)36-26)24-28-10-13-35-24)17-6-8-18(9-7-17)33-11-12-34-21(31)16-30(2)3;1-2-3-12-31(27)22-19(24)18-16(14-4-6-15(7-5-14)28-10-8-23)13-17(26-21(18)30-22)20-25-9-11-29-20;1-2-3-12-35(29)22-19(23)18-16(13-17(25-21(18)34-22)20-24-8-11-33-20)14-4-6-15(7-5-14)30-9-10-31-32(26,27)28/h6-10,13,15H,4-5,11-12,14,16,27H2,1-3H3;4-7,9,11,13H,2-3,8,10,12,23-24H2,1H3;4-8,11,13H,2-3,9-10,12,23H2,1H3,(H2,26,27,28). The lowest BCUT2D eigenvalue weighted by Crippen LogP contribution is -2.25. The number of nitrogens with zero attached hydrogens (tertiary/aromatic N) is 7. The summed E-state index contributed by atoms with van der Waals surface area (Å²) in [7, 11) is -4.40. The molecule has 9 aromatic heterocycles. The molecule has 0 saturated carbocycles. The minimum Gasteiger partial charge on any atom is -0.492 e. The minimum absolute atomic E-state index is 0.0113. The van der Waals surface area contributed by atoms with Crippen molar-refractivity contribution in [1.29, 1.82) is 0 Å². The predicted octanol–water partition coefficient (Wildman–Crippen LogP) is 15.0. The van der Waals surface area contributed by atoms with E-state index in [0.29, 0.717) is 82.1 Å². The summed E-state index contributed by atoms with van der Waals surface area (Å²) in [6.45, 7) is 7.59. The Labute approximate surface area is 627 Å². The monoisotopic (exact) mass is 1580 g/mol. The fourth-order valence-electron chi connectivity index (χ4n) is 10.3. The van der Waals surface area contributed by atoms with E-state index in [1.54, 1.807) is 35.6 Å². The van der Waals surface area contributed by atoms with Gasteiger partial charge in [0.2, 0.25) is 0 Å².